The quantitative estimate of drug-likeness (QED) is 0.507. The average molecular weight is 467 g/mol. The Kier molecular flexibility index (Phi) is 6.55. The molecule has 2 heterocycles. The SMILES string of the molecule is CC(C)(C)c1cc(-c2cc(F)cc(-c3ccc(C(=O)N4CCC(O)CC4)cc3Cl)c2)ccn1. The van der Waals surface area contributed by atoms with Gasteiger partial charge < -0.3 is 10.0 Å². The zero-order valence-corrected chi connectivity index (χ0v) is 19.9. The molecule has 1 fully saturated rings. The number of hydrogen-bond acceptors (Lipinski definition) is 3. The maximum Gasteiger partial charge on any atom is 0.253 e. The van der Waals surface area contributed by atoms with Gasteiger partial charge in [-0.25, -0.2) is 4.39 Å². The van der Waals surface area contributed by atoms with Crippen molar-refractivity contribution in [1.82, 2.24) is 9.88 Å². The molecule has 0 aliphatic carbocycles. The number of aliphatic hydroxyl groups excluding tert-OH is 1. The molecule has 0 saturated carbocycles. The average Bonchev–Trinajstić information content (AvgIpc) is 2.78. The summed E-state index contributed by atoms with van der Waals surface area (Å²) in [6.45, 7) is 7.31. The fourth-order valence-corrected chi connectivity index (χ4v) is 4.36. The minimum atomic E-state index is -0.361. The van der Waals surface area contributed by atoms with Crippen LogP contribution in [-0.4, -0.2) is 40.1 Å². The van der Waals surface area contributed by atoms with E-state index in [1.807, 2.05) is 18.2 Å². The number of carbonyl (C=O) groups is 1. The topological polar surface area (TPSA) is 53.4 Å². The van der Waals surface area contributed by atoms with E-state index in [9.17, 15) is 14.3 Å². The van der Waals surface area contributed by atoms with Gasteiger partial charge in [-0.2, -0.15) is 0 Å². The predicted octanol–water partition coefficient (Wildman–Crippen LogP) is 6.10. The summed E-state index contributed by atoms with van der Waals surface area (Å²) >= 11 is 6.56. The molecule has 0 spiro atoms. The second-order valence-electron chi connectivity index (χ2n) is 9.63. The Bertz CT molecular complexity index is 1180. The largest absolute Gasteiger partial charge is 0.393 e. The van der Waals surface area contributed by atoms with Gasteiger partial charge in [-0.15, -0.1) is 0 Å². The standard InChI is InChI=1S/C27H28ClFN2O2/c1-27(2,3)25-16-17(6-9-30-25)19-12-20(14-21(29)13-19)23-5-4-18(15-24(23)28)26(33)31-10-7-22(32)8-11-31/h4-6,9,12-16,22,32H,7-8,10-11H2,1-3H3. The van der Waals surface area contributed by atoms with Crippen LogP contribution in [0.3, 0.4) is 0 Å². The highest BCUT2D eigenvalue weighted by Gasteiger charge is 2.23. The maximum absolute atomic E-state index is 14.6. The Morgan fingerprint density at radius 1 is 1.03 bits per heavy atom. The molecular formula is C27H28ClFN2O2. The molecule has 6 heteroatoms. The number of hydrogen-bond donors (Lipinski definition) is 1. The first-order valence-electron chi connectivity index (χ1n) is 11.2. The minimum Gasteiger partial charge on any atom is -0.393 e. The van der Waals surface area contributed by atoms with E-state index in [1.165, 1.54) is 12.1 Å². The maximum atomic E-state index is 14.6. The molecule has 1 aliphatic rings. The monoisotopic (exact) mass is 466 g/mol. The van der Waals surface area contributed by atoms with Crippen LogP contribution in [0.1, 0.15) is 49.7 Å². The zero-order valence-electron chi connectivity index (χ0n) is 19.1. The second-order valence-corrected chi connectivity index (χ2v) is 10.0. The number of aromatic nitrogens is 1. The van der Waals surface area contributed by atoms with Crippen molar-refractivity contribution in [3.63, 3.8) is 0 Å². The van der Waals surface area contributed by atoms with Crippen LogP contribution in [0.5, 0.6) is 0 Å². The summed E-state index contributed by atoms with van der Waals surface area (Å²) in [7, 11) is 0. The van der Waals surface area contributed by atoms with Gasteiger partial charge in [-0.1, -0.05) is 38.4 Å². The Balaban J connectivity index is 1.65. The Hall–Kier alpha value is -2.76. The van der Waals surface area contributed by atoms with Gasteiger partial charge in [-0.3, -0.25) is 9.78 Å². The number of halogens is 2. The van der Waals surface area contributed by atoms with Crippen molar-refractivity contribution in [3.05, 3.63) is 76.8 Å². The van der Waals surface area contributed by atoms with Gasteiger partial charge in [0.1, 0.15) is 5.82 Å². The molecule has 172 valence electrons. The lowest BCUT2D eigenvalue weighted by Gasteiger charge is -2.29. The Morgan fingerprint density at radius 2 is 1.73 bits per heavy atom. The summed E-state index contributed by atoms with van der Waals surface area (Å²) in [5, 5.41) is 10.1. The highest BCUT2D eigenvalue weighted by Crippen LogP contribution is 2.34. The molecule has 33 heavy (non-hydrogen) atoms. The van der Waals surface area contributed by atoms with E-state index in [0.29, 0.717) is 47.6 Å². The normalized spacial score (nSPS) is 15.0. The van der Waals surface area contributed by atoms with Crippen molar-refractivity contribution in [2.75, 3.05) is 13.1 Å². The summed E-state index contributed by atoms with van der Waals surface area (Å²) in [6, 6.07) is 13.8. The van der Waals surface area contributed by atoms with Gasteiger partial charge in [0.05, 0.1) is 6.10 Å². The van der Waals surface area contributed by atoms with E-state index in [4.69, 9.17) is 11.6 Å². The van der Waals surface area contributed by atoms with Crippen LogP contribution < -0.4 is 0 Å². The first-order valence-corrected chi connectivity index (χ1v) is 11.5. The first-order chi connectivity index (χ1) is 15.6. The molecule has 0 radical (unpaired) electrons. The van der Waals surface area contributed by atoms with E-state index in [-0.39, 0.29) is 23.2 Å². The van der Waals surface area contributed by atoms with Crippen molar-refractivity contribution in [3.8, 4) is 22.3 Å². The molecule has 4 rings (SSSR count). The van der Waals surface area contributed by atoms with Crippen LogP contribution >= 0.6 is 11.6 Å². The van der Waals surface area contributed by atoms with Crippen molar-refractivity contribution in [2.24, 2.45) is 0 Å². The van der Waals surface area contributed by atoms with Gasteiger partial charge in [0.25, 0.3) is 5.91 Å². The van der Waals surface area contributed by atoms with Crippen LogP contribution in [0.25, 0.3) is 22.3 Å². The molecule has 2 aromatic carbocycles. The summed E-state index contributed by atoms with van der Waals surface area (Å²) < 4.78 is 14.6. The number of aliphatic hydroxyl groups is 1. The highest BCUT2D eigenvalue weighted by atomic mass is 35.5. The van der Waals surface area contributed by atoms with Gasteiger partial charge in [0.15, 0.2) is 0 Å². The van der Waals surface area contributed by atoms with Crippen molar-refractivity contribution in [1.29, 1.82) is 0 Å². The molecule has 1 N–H and O–H groups in total. The smallest absolute Gasteiger partial charge is 0.253 e. The highest BCUT2D eigenvalue weighted by molar-refractivity contribution is 6.33. The van der Waals surface area contributed by atoms with Crippen LogP contribution in [0.2, 0.25) is 5.02 Å². The van der Waals surface area contributed by atoms with Gasteiger partial charge >= 0.3 is 0 Å². The van der Waals surface area contributed by atoms with E-state index in [1.54, 1.807) is 29.3 Å². The van der Waals surface area contributed by atoms with Gasteiger partial charge in [0, 0.05) is 46.5 Å². The van der Waals surface area contributed by atoms with Gasteiger partial charge in [0.2, 0.25) is 0 Å². The van der Waals surface area contributed by atoms with Crippen molar-refractivity contribution in [2.45, 2.75) is 45.1 Å². The molecule has 0 unspecified atom stereocenters. The lowest BCUT2D eigenvalue weighted by Crippen LogP contribution is -2.40. The van der Waals surface area contributed by atoms with Crippen molar-refractivity contribution >= 4 is 17.5 Å². The number of benzene rings is 2. The lowest BCUT2D eigenvalue weighted by atomic mass is 9.89. The third-order valence-electron chi connectivity index (χ3n) is 6.04. The molecule has 3 aromatic rings. The molecule has 0 bridgehead atoms. The Labute approximate surface area is 199 Å². The molecule has 0 atom stereocenters. The summed E-state index contributed by atoms with van der Waals surface area (Å²) in [6.07, 6.45) is 2.56. The number of piperidine rings is 1. The van der Waals surface area contributed by atoms with E-state index < -0.39 is 0 Å². The zero-order chi connectivity index (χ0) is 23.8. The second kappa shape index (κ2) is 9.24. The van der Waals surface area contributed by atoms with Crippen LogP contribution in [0.15, 0.2) is 54.7 Å². The number of pyridine rings is 1. The summed E-state index contributed by atoms with van der Waals surface area (Å²) in [4.78, 5) is 19.0. The molecule has 1 amide bonds. The van der Waals surface area contributed by atoms with Crippen LogP contribution in [0, 0.1) is 5.82 Å². The number of rotatable bonds is 3. The molecule has 1 aromatic heterocycles. The molecule has 1 saturated heterocycles. The van der Waals surface area contributed by atoms with E-state index in [0.717, 1.165) is 16.8 Å². The predicted molar refractivity (Wildman–Crippen MR) is 130 cm³/mol. The van der Waals surface area contributed by atoms with Gasteiger partial charge in [-0.05, 0) is 72.0 Å². The van der Waals surface area contributed by atoms with Crippen molar-refractivity contribution < 1.29 is 14.3 Å². The summed E-state index contributed by atoms with van der Waals surface area (Å²) in [5.74, 6) is -0.471. The lowest BCUT2D eigenvalue weighted by molar-refractivity contribution is 0.0546. The number of nitrogens with zero attached hydrogens (tertiary/aromatic N) is 2. The van der Waals surface area contributed by atoms with Crippen LogP contribution in [0.4, 0.5) is 4.39 Å². The van der Waals surface area contributed by atoms with E-state index in [2.05, 4.69) is 25.8 Å². The molecular weight excluding hydrogens is 439 g/mol. The van der Waals surface area contributed by atoms with Crippen LogP contribution in [-0.2, 0) is 5.41 Å². The first kappa shape index (κ1) is 23.4. The molecule has 4 nitrogen and oxygen atoms in total. The van der Waals surface area contributed by atoms with E-state index >= 15 is 0 Å². The Morgan fingerprint density at radius 3 is 2.39 bits per heavy atom. The fourth-order valence-electron chi connectivity index (χ4n) is 4.07. The minimum absolute atomic E-state index is 0.109. The number of carbonyl (C=O) groups excluding carboxylic acids is 1. The summed E-state index contributed by atoms with van der Waals surface area (Å²) in [5.41, 5.74) is 4.21. The third-order valence-corrected chi connectivity index (χ3v) is 6.35. The molecule has 1 aliphatic heterocycles. The number of amides is 1. The number of likely N-dealkylation sites (tertiary alicyclic amines) is 1. The third kappa shape index (κ3) is 5.26. The fraction of sp³-hybridized carbons (Fsp3) is 0.333.